The molecule has 0 spiro atoms. The van der Waals surface area contributed by atoms with Gasteiger partial charge in [0.25, 0.3) is 0 Å². The molecule has 4 nitrogen and oxygen atoms in total. The second kappa shape index (κ2) is 7.06. The number of rotatable bonds is 5. The van der Waals surface area contributed by atoms with E-state index in [2.05, 4.69) is 23.3 Å². The highest BCUT2D eigenvalue weighted by Gasteiger charge is 2.17. The number of amides is 2. The maximum Gasteiger partial charge on any atom is 0.243 e. The first-order chi connectivity index (χ1) is 8.54. The van der Waals surface area contributed by atoms with Crippen LogP contribution in [0.1, 0.15) is 18.1 Å². The van der Waals surface area contributed by atoms with Crippen LogP contribution in [0.2, 0.25) is 0 Å². The molecule has 0 aliphatic rings. The molecule has 1 rings (SSSR count). The molecular weight excluding hydrogens is 248 g/mol. The molecule has 0 aromatic heterocycles. The lowest BCUT2D eigenvalue weighted by Gasteiger charge is -2.15. The topological polar surface area (TPSA) is 58.2 Å². The van der Waals surface area contributed by atoms with Crippen LogP contribution in [0.25, 0.3) is 0 Å². The molecule has 0 bridgehead atoms. The van der Waals surface area contributed by atoms with Crippen LogP contribution in [-0.4, -0.2) is 23.6 Å². The normalized spacial score (nSPS) is 11.7. The number of benzene rings is 1. The summed E-state index contributed by atoms with van der Waals surface area (Å²) in [6.45, 7) is 3.83. The van der Waals surface area contributed by atoms with Crippen LogP contribution in [0.3, 0.4) is 0 Å². The molecule has 0 radical (unpaired) electrons. The van der Waals surface area contributed by atoms with E-state index in [0.717, 1.165) is 11.1 Å². The quantitative estimate of drug-likeness (QED) is 0.698. The van der Waals surface area contributed by atoms with E-state index in [-0.39, 0.29) is 17.6 Å². The van der Waals surface area contributed by atoms with Crippen LogP contribution in [0.5, 0.6) is 0 Å². The molecule has 0 saturated heterocycles. The Balaban J connectivity index is 2.54. The molecule has 0 heterocycles. The molecule has 1 atom stereocenters. The molecule has 0 aliphatic carbocycles. The molecule has 1 unspecified atom stereocenters. The molecule has 0 fully saturated rings. The summed E-state index contributed by atoms with van der Waals surface area (Å²) in [5, 5.41) is 5.35. The van der Waals surface area contributed by atoms with Crippen molar-refractivity contribution >= 4 is 24.4 Å². The summed E-state index contributed by atoms with van der Waals surface area (Å²) in [6.07, 6.45) is 0. The molecule has 18 heavy (non-hydrogen) atoms. The predicted molar refractivity (Wildman–Crippen MR) is 74.5 cm³/mol. The molecule has 1 aromatic rings. The van der Waals surface area contributed by atoms with Gasteiger partial charge >= 0.3 is 0 Å². The summed E-state index contributed by atoms with van der Waals surface area (Å²) >= 11 is 4.05. The van der Waals surface area contributed by atoms with Crippen molar-refractivity contribution in [3.8, 4) is 0 Å². The average molecular weight is 266 g/mol. The van der Waals surface area contributed by atoms with Gasteiger partial charge in [-0.25, -0.2) is 0 Å². The zero-order chi connectivity index (χ0) is 13.5. The Morgan fingerprint density at radius 1 is 1.33 bits per heavy atom. The number of aryl methyl sites for hydroxylation is 1. The summed E-state index contributed by atoms with van der Waals surface area (Å²) in [5.41, 5.74) is 2.19. The van der Waals surface area contributed by atoms with E-state index >= 15 is 0 Å². The average Bonchev–Trinajstić information content (AvgIpc) is 2.34. The number of hydrogen-bond donors (Lipinski definition) is 3. The SMILES string of the molecule is CC(=O)NC(CS)C(=O)NCc1ccccc1C. The third kappa shape index (κ3) is 4.41. The Bertz CT molecular complexity index is 435. The summed E-state index contributed by atoms with van der Waals surface area (Å²) in [6, 6.07) is 7.25. The van der Waals surface area contributed by atoms with E-state index in [1.54, 1.807) is 0 Å². The highest BCUT2D eigenvalue weighted by Crippen LogP contribution is 2.06. The van der Waals surface area contributed by atoms with Crippen molar-refractivity contribution in [1.29, 1.82) is 0 Å². The summed E-state index contributed by atoms with van der Waals surface area (Å²) in [5.74, 6) is -0.178. The van der Waals surface area contributed by atoms with Crippen LogP contribution in [0, 0.1) is 6.92 Å². The minimum Gasteiger partial charge on any atom is -0.350 e. The van der Waals surface area contributed by atoms with E-state index < -0.39 is 6.04 Å². The maximum absolute atomic E-state index is 11.8. The van der Waals surface area contributed by atoms with Crippen LogP contribution in [0.4, 0.5) is 0 Å². The van der Waals surface area contributed by atoms with Gasteiger partial charge in [0.2, 0.25) is 11.8 Å². The van der Waals surface area contributed by atoms with Crippen molar-refractivity contribution in [3.05, 3.63) is 35.4 Å². The lowest BCUT2D eigenvalue weighted by atomic mass is 10.1. The standard InChI is InChI=1S/C13H18N2O2S/c1-9-5-3-4-6-11(9)7-14-13(17)12(8-18)15-10(2)16/h3-6,12,18H,7-8H2,1-2H3,(H,14,17)(H,15,16). The van der Waals surface area contributed by atoms with E-state index in [9.17, 15) is 9.59 Å². The summed E-state index contributed by atoms with van der Waals surface area (Å²) in [4.78, 5) is 22.7. The maximum atomic E-state index is 11.8. The Hall–Kier alpha value is -1.49. The predicted octanol–water partition coefficient (Wildman–Crippen LogP) is 1.05. The fourth-order valence-corrected chi connectivity index (χ4v) is 1.81. The molecule has 0 saturated carbocycles. The van der Waals surface area contributed by atoms with Gasteiger partial charge in [0, 0.05) is 19.2 Å². The van der Waals surface area contributed by atoms with Crippen molar-refractivity contribution in [2.45, 2.75) is 26.4 Å². The van der Waals surface area contributed by atoms with E-state index in [4.69, 9.17) is 0 Å². The molecule has 2 amide bonds. The third-order valence-electron chi connectivity index (χ3n) is 2.59. The minimum atomic E-state index is -0.588. The zero-order valence-corrected chi connectivity index (χ0v) is 11.5. The van der Waals surface area contributed by atoms with E-state index in [0.29, 0.717) is 6.54 Å². The number of nitrogens with one attached hydrogen (secondary N) is 2. The van der Waals surface area contributed by atoms with Crippen molar-refractivity contribution in [3.63, 3.8) is 0 Å². The smallest absolute Gasteiger partial charge is 0.243 e. The largest absolute Gasteiger partial charge is 0.350 e. The number of hydrogen-bond acceptors (Lipinski definition) is 3. The second-order valence-electron chi connectivity index (χ2n) is 4.08. The van der Waals surface area contributed by atoms with Crippen LogP contribution in [0.15, 0.2) is 24.3 Å². The van der Waals surface area contributed by atoms with Crippen LogP contribution >= 0.6 is 12.6 Å². The van der Waals surface area contributed by atoms with Gasteiger partial charge < -0.3 is 10.6 Å². The number of thiol groups is 1. The highest BCUT2D eigenvalue weighted by molar-refractivity contribution is 7.80. The summed E-state index contributed by atoms with van der Waals surface area (Å²) < 4.78 is 0. The zero-order valence-electron chi connectivity index (χ0n) is 10.6. The lowest BCUT2D eigenvalue weighted by Crippen LogP contribution is -2.47. The van der Waals surface area contributed by atoms with Crippen molar-refractivity contribution in [2.24, 2.45) is 0 Å². The van der Waals surface area contributed by atoms with Crippen molar-refractivity contribution < 1.29 is 9.59 Å². The molecule has 98 valence electrons. The molecule has 0 aliphatic heterocycles. The van der Waals surface area contributed by atoms with E-state index in [1.165, 1.54) is 6.92 Å². The van der Waals surface area contributed by atoms with Gasteiger partial charge in [-0.15, -0.1) is 0 Å². The first-order valence-corrected chi connectivity index (χ1v) is 6.38. The number of carbonyl (C=O) groups is 2. The van der Waals surface area contributed by atoms with E-state index in [1.807, 2.05) is 31.2 Å². The molecular formula is C13H18N2O2S. The Kier molecular flexibility index (Phi) is 5.71. The first-order valence-electron chi connectivity index (χ1n) is 5.74. The third-order valence-corrected chi connectivity index (χ3v) is 2.96. The Labute approximate surface area is 113 Å². The number of carbonyl (C=O) groups excluding carboxylic acids is 2. The highest BCUT2D eigenvalue weighted by atomic mass is 32.1. The monoisotopic (exact) mass is 266 g/mol. The van der Waals surface area contributed by atoms with Crippen LogP contribution in [-0.2, 0) is 16.1 Å². The van der Waals surface area contributed by atoms with Gasteiger partial charge in [0.1, 0.15) is 6.04 Å². The minimum absolute atomic E-state index is 0.219. The molecule has 1 aromatic carbocycles. The van der Waals surface area contributed by atoms with Crippen molar-refractivity contribution in [1.82, 2.24) is 10.6 Å². The lowest BCUT2D eigenvalue weighted by molar-refractivity contribution is -0.127. The Morgan fingerprint density at radius 3 is 2.56 bits per heavy atom. The fraction of sp³-hybridized carbons (Fsp3) is 0.385. The second-order valence-corrected chi connectivity index (χ2v) is 4.45. The van der Waals surface area contributed by atoms with Crippen molar-refractivity contribution in [2.75, 3.05) is 5.75 Å². The van der Waals surface area contributed by atoms with Crippen LogP contribution < -0.4 is 10.6 Å². The summed E-state index contributed by atoms with van der Waals surface area (Å²) in [7, 11) is 0. The Morgan fingerprint density at radius 2 is 2.00 bits per heavy atom. The van der Waals surface area contributed by atoms with Gasteiger partial charge in [-0.05, 0) is 18.1 Å². The molecule has 5 heteroatoms. The molecule has 2 N–H and O–H groups in total. The fourth-order valence-electron chi connectivity index (χ4n) is 1.55. The van der Waals surface area contributed by atoms with Gasteiger partial charge in [-0.2, -0.15) is 12.6 Å². The first kappa shape index (κ1) is 14.6. The van der Waals surface area contributed by atoms with Gasteiger partial charge in [0.05, 0.1) is 0 Å². The van der Waals surface area contributed by atoms with Gasteiger partial charge in [-0.3, -0.25) is 9.59 Å². The van der Waals surface area contributed by atoms with Gasteiger partial charge in [0.15, 0.2) is 0 Å². The van der Waals surface area contributed by atoms with Gasteiger partial charge in [-0.1, -0.05) is 24.3 Å².